The fourth-order valence-corrected chi connectivity index (χ4v) is 1.88. The van der Waals surface area contributed by atoms with Crippen molar-refractivity contribution in [3.63, 3.8) is 0 Å². The molecule has 104 valence electrons. The fraction of sp³-hybridized carbons (Fsp3) is 0.188. The topological polar surface area (TPSA) is 59.1 Å². The summed E-state index contributed by atoms with van der Waals surface area (Å²) in [5, 5.41) is 7.23. The van der Waals surface area contributed by atoms with Crippen LogP contribution in [-0.2, 0) is 13.0 Å². The van der Waals surface area contributed by atoms with Crippen LogP contribution < -0.4 is 10.5 Å². The van der Waals surface area contributed by atoms with E-state index in [-0.39, 0.29) is 11.7 Å². The number of nitrogens with two attached hydrogens (primary N) is 1. The molecule has 0 aliphatic rings. The van der Waals surface area contributed by atoms with Crippen LogP contribution in [0.3, 0.4) is 0 Å². The fourth-order valence-electron chi connectivity index (χ4n) is 1.88. The van der Waals surface area contributed by atoms with Gasteiger partial charge in [0, 0.05) is 6.42 Å². The van der Waals surface area contributed by atoms with Gasteiger partial charge in [0.05, 0.1) is 5.84 Å². The Morgan fingerprint density at radius 1 is 1.20 bits per heavy atom. The van der Waals surface area contributed by atoms with Gasteiger partial charge in [-0.2, -0.15) is 0 Å². The Hall–Kier alpha value is -2.36. The van der Waals surface area contributed by atoms with Crippen LogP contribution in [0, 0.1) is 18.2 Å². The van der Waals surface area contributed by atoms with Crippen LogP contribution in [0.15, 0.2) is 42.5 Å². The predicted molar refractivity (Wildman–Crippen MR) is 77.5 cm³/mol. The van der Waals surface area contributed by atoms with Gasteiger partial charge < -0.3 is 10.5 Å². The zero-order valence-corrected chi connectivity index (χ0v) is 11.3. The molecule has 4 heteroatoms. The van der Waals surface area contributed by atoms with Gasteiger partial charge in [-0.1, -0.05) is 18.2 Å². The highest BCUT2D eigenvalue weighted by atomic mass is 19.1. The lowest BCUT2D eigenvalue weighted by atomic mass is 10.1. The van der Waals surface area contributed by atoms with Gasteiger partial charge in [0.1, 0.15) is 18.2 Å². The third kappa shape index (κ3) is 3.82. The maximum absolute atomic E-state index is 13.2. The first-order chi connectivity index (χ1) is 9.54. The van der Waals surface area contributed by atoms with E-state index in [0.29, 0.717) is 18.8 Å². The lowest BCUT2D eigenvalue weighted by Gasteiger charge is -2.09. The third-order valence-electron chi connectivity index (χ3n) is 3.02. The van der Waals surface area contributed by atoms with Crippen molar-refractivity contribution in [2.75, 3.05) is 0 Å². The average molecular weight is 272 g/mol. The smallest absolute Gasteiger partial charge is 0.123 e. The highest BCUT2D eigenvalue weighted by molar-refractivity contribution is 5.79. The second kappa shape index (κ2) is 6.19. The Kier molecular flexibility index (Phi) is 4.35. The summed E-state index contributed by atoms with van der Waals surface area (Å²) in [5.74, 6) is 0.584. The summed E-state index contributed by atoms with van der Waals surface area (Å²) < 4.78 is 18.8. The zero-order chi connectivity index (χ0) is 14.5. The highest BCUT2D eigenvalue weighted by Gasteiger charge is 2.02. The second-order valence-corrected chi connectivity index (χ2v) is 4.71. The standard InChI is InChI=1S/C16H17FN2O/c1-11-2-5-14(17)9-13(11)10-20-15-6-3-12(4-7-15)8-16(18)19/h2-7,9H,8,10H2,1H3,(H3,18,19). The van der Waals surface area contributed by atoms with Gasteiger partial charge in [-0.15, -0.1) is 0 Å². The molecule has 0 spiro atoms. The molecule has 0 aliphatic carbocycles. The number of halogens is 1. The Labute approximate surface area is 117 Å². The maximum atomic E-state index is 13.2. The molecule has 2 rings (SSSR count). The molecule has 0 aromatic heterocycles. The molecule has 0 unspecified atom stereocenters. The maximum Gasteiger partial charge on any atom is 0.123 e. The monoisotopic (exact) mass is 272 g/mol. The minimum Gasteiger partial charge on any atom is -0.489 e. The normalized spacial score (nSPS) is 10.3. The number of nitrogens with one attached hydrogen (secondary N) is 1. The SMILES string of the molecule is Cc1ccc(F)cc1COc1ccc(CC(=N)N)cc1. The van der Waals surface area contributed by atoms with Crippen molar-refractivity contribution in [2.45, 2.75) is 20.0 Å². The summed E-state index contributed by atoms with van der Waals surface area (Å²) >= 11 is 0. The van der Waals surface area contributed by atoms with Crippen LogP contribution >= 0.6 is 0 Å². The third-order valence-corrected chi connectivity index (χ3v) is 3.02. The number of hydrogen-bond donors (Lipinski definition) is 2. The molecule has 0 fully saturated rings. The largest absolute Gasteiger partial charge is 0.489 e. The van der Waals surface area contributed by atoms with Crippen LogP contribution in [0.5, 0.6) is 5.75 Å². The average Bonchev–Trinajstić information content (AvgIpc) is 2.41. The summed E-state index contributed by atoms with van der Waals surface area (Å²) in [5.41, 5.74) is 8.14. The van der Waals surface area contributed by atoms with Crippen LogP contribution in [0.2, 0.25) is 0 Å². The number of amidine groups is 1. The molecule has 0 aliphatic heterocycles. The molecule has 2 aromatic rings. The van der Waals surface area contributed by atoms with Gasteiger partial charge >= 0.3 is 0 Å². The molecule has 3 N–H and O–H groups in total. The van der Waals surface area contributed by atoms with Gasteiger partial charge in [0.2, 0.25) is 0 Å². The van der Waals surface area contributed by atoms with E-state index >= 15 is 0 Å². The number of hydrogen-bond acceptors (Lipinski definition) is 2. The molecule has 0 saturated heterocycles. The van der Waals surface area contributed by atoms with Crippen molar-refractivity contribution in [3.8, 4) is 5.75 Å². The van der Waals surface area contributed by atoms with Gasteiger partial charge in [-0.25, -0.2) is 4.39 Å². The van der Waals surface area contributed by atoms with E-state index in [9.17, 15) is 4.39 Å². The molecule has 20 heavy (non-hydrogen) atoms. The summed E-state index contributed by atoms with van der Waals surface area (Å²) in [4.78, 5) is 0. The molecular formula is C16H17FN2O. The van der Waals surface area contributed by atoms with Crippen molar-refractivity contribution in [3.05, 3.63) is 65.0 Å². The minimum atomic E-state index is -0.258. The number of benzene rings is 2. The van der Waals surface area contributed by atoms with E-state index in [4.69, 9.17) is 15.9 Å². The van der Waals surface area contributed by atoms with Gasteiger partial charge in [-0.3, -0.25) is 5.41 Å². The quantitative estimate of drug-likeness (QED) is 0.648. The van der Waals surface area contributed by atoms with Crippen molar-refractivity contribution in [1.82, 2.24) is 0 Å². The number of ether oxygens (including phenoxy) is 1. The first-order valence-corrected chi connectivity index (χ1v) is 6.34. The van der Waals surface area contributed by atoms with Crippen molar-refractivity contribution < 1.29 is 9.13 Å². The molecule has 0 radical (unpaired) electrons. The van der Waals surface area contributed by atoms with E-state index in [0.717, 1.165) is 16.7 Å². The lowest BCUT2D eigenvalue weighted by molar-refractivity contribution is 0.304. The molecule has 0 heterocycles. The lowest BCUT2D eigenvalue weighted by Crippen LogP contribution is -2.12. The molecule has 0 atom stereocenters. The van der Waals surface area contributed by atoms with E-state index in [2.05, 4.69) is 0 Å². The molecule has 0 saturated carbocycles. The summed E-state index contributed by atoms with van der Waals surface area (Å²) in [7, 11) is 0. The molecular weight excluding hydrogens is 255 g/mol. The molecule has 0 amide bonds. The van der Waals surface area contributed by atoms with E-state index < -0.39 is 0 Å². The predicted octanol–water partition coefficient (Wildman–Crippen LogP) is 3.19. The van der Waals surface area contributed by atoms with E-state index in [1.165, 1.54) is 12.1 Å². The van der Waals surface area contributed by atoms with Gasteiger partial charge in [-0.05, 0) is 47.9 Å². The molecule has 2 aromatic carbocycles. The Morgan fingerprint density at radius 3 is 2.55 bits per heavy atom. The van der Waals surface area contributed by atoms with Crippen LogP contribution in [0.25, 0.3) is 0 Å². The zero-order valence-electron chi connectivity index (χ0n) is 11.3. The van der Waals surface area contributed by atoms with E-state index in [1.807, 2.05) is 31.2 Å². The summed E-state index contributed by atoms with van der Waals surface area (Å²) in [6, 6.07) is 12.1. The Bertz CT molecular complexity index is 608. The molecule has 0 bridgehead atoms. The Balaban J connectivity index is 2.00. The Morgan fingerprint density at radius 2 is 1.90 bits per heavy atom. The number of rotatable bonds is 5. The van der Waals surface area contributed by atoms with Crippen LogP contribution in [-0.4, -0.2) is 5.84 Å². The number of aryl methyl sites for hydroxylation is 1. The van der Waals surface area contributed by atoms with Crippen LogP contribution in [0.1, 0.15) is 16.7 Å². The summed E-state index contributed by atoms with van der Waals surface area (Å²) in [6.07, 6.45) is 0.434. The van der Waals surface area contributed by atoms with Crippen LogP contribution in [0.4, 0.5) is 4.39 Å². The second-order valence-electron chi connectivity index (χ2n) is 4.71. The van der Waals surface area contributed by atoms with Crippen molar-refractivity contribution >= 4 is 5.84 Å². The first-order valence-electron chi connectivity index (χ1n) is 6.34. The first kappa shape index (κ1) is 14.1. The van der Waals surface area contributed by atoms with Crippen molar-refractivity contribution in [2.24, 2.45) is 5.73 Å². The van der Waals surface area contributed by atoms with Gasteiger partial charge in [0.15, 0.2) is 0 Å². The molecule has 3 nitrogen and oxygen atoms in total. The van der Waals surface area contributed by atoms with Crippen molar-refractivity contribution in [1.29, 1.82) is 5.41 Å². The van der Waals surface area contributed by atoms with E-state index in [1.54, 1.807) is 6.07 Å². The minimum absolute atomic E-state index is 0.133. The highest BCUT2D eigenvalue weighted by Crippen LogP contribution is 2.17. The van der Waals surface area contributed by atoms with Gasteiger partial charge in [0.25, 0.3) is 0 Å². The summed E-state index contributed by atoms with van der Waals surface area (Å²) in [6.45, 7) is 2.25.